The molecule has 5 nitrogen and oxygen atoms in total. The molecule has 0 aromatic heterocycles. The van der Waals surface area contributed by atoms with E-state index in [1.165, 1.54) is 0 Å². The van der Waals surface area contributed by atoms with Gasteiger partial charge in [-0.3, -0.25) is 9.79 Å². The zero-order chi connectivity index (χ0) is 11.8. The SMILES string of the molecule is CCNC(=NC)NCCCN1CCCC1=O.I. The molecule has 0 spiro atoms. The smallest absolute Gasteiger partial charge is 0.222 e. The Kier molecular flexibility index (Phi) is 9.20. The third kappa shape index (κ3) is 6.09. The molecule has 1 rings (SSSR count). The van der Waals surface area contributed by atoms with Gasteiger partial charge in [0.25, 0.3) is 0 Å². The Hall–Kier alpha value is -0.530. The van der Waals surface area contributed by atoms with E-state index >= 15 is 0 Å². The van der Waals surface area contributed by atoms with Crippen LogP contribution in [0.25, 0.3) is 0 Å². The zero-order valence-corrected chi connectivity index (χ0v) is 13.0. The second kappa shape index (κ2) is 9.49. The maximum Gasteiger partial charge on any atom is 0.222 e. The van der Waals surface area contributed by atoms with Gasteiger partial charge >= 0.3 is 0 Å². The summed E-state index contributed by atoms with van der Waals surface area (Å²) in [6, 6.07) is 0. The fraction of sp³-hybridized carbons (Fsp3) is 0.818. The van der Waals surface area contributed by atoms with Crippen LogP contribution in [0.3, 0.4) is 0 Å². The van der Waals surface area contributed by atoms with Crippen molar-refractivity contribution >= 4 is 35.8 Å². The van der Waals surface area contributed by atoms with Gasteiger partial charge in [0.2, 0.25) is 5.91 Å². The summed E-state index contributed by atoms with van der Waals surface area (Å²) in [7, 11) is 1.76. The molecule has 100 valence electrons. The number of nitrogens with zero attached hydrogens (tertiary/aromatic N) is 2. The Bertz CT molecular complexity index is 258. The van der Waals surface area contributed by atoms with Crippen molar-refractivity contribution in [1.29, 1.82) is 0 Å². The van der Waals surface area contributed by atoms with Crippen molar-refractivity contribution in [1.82, 2.24) is 15.5 Å². The molecule has 2 N–H and O–H groups in total. The summed E-state index contributed by atoms with van der Waals surface area (Å²) in [4.78, 5) is 17.3. The minimum absolute atomic E-state index is 0. The van der Waals surface area contributed by atoms with Crippen LogP contribution in [0, 0.1) is 0 Å². The molecule has 0 unspecified atom stereocenters. The molecule has 17 heavy (non-hydrogen) atoms. The molecular formula is C11H23IN4O. The normalized spacial score (nSPS) is 15.8. The number of rotatable bonds is 5. The highest BCUT2D eigenvalue weighted by atomic mass is 127. The molecule has 0 aromatic carbocycles. The molecule has 0 aliphatic carbocycles. The lowest BCUT2D eigenvalue weighted by Crippen LogP contribution is -2.38. The van der Waals surface area contributed by atoms with Gasteiger partial charge in [-0.05, 0) is 19.8 Å². The van der Waals surface area contributed by atoms with Gasteiger partial charge in [0.05, 0.1) is 0 Å². The van der Waals surface area contributed by atoms with Crippen LogP contribution in [0.15, 0.2) is 4.99 Å². The van der Waals surface area contributed by atoms with Crippen LogP contribution in [0.4, 0.5) is 0 Å². The van der Waals surface area contributed by atoms with Crippen molar-refractivity contribution in [2.24, 2.45) is 4.99 Å². The monoisotopic (exact) mass is 354 g/mol. The molecule has 0 bridgehead atoms. The van der Waals surface area contributed by atoms with E-state index in [0.717, 1.165) is 51.4 Å². The van der Waals surface area contributed by atoms with E-state index in [1.807, 2.05) is 11.8 Å². The number of guanidine groups is 1. The lowest BCUT2D eigenvalue weighted by Gasteiger charge is -2.16. The van der Waals surface area contributed by atoms with Gasteiger partial charge < -0.3 is 15.5 Å². The number of carbonyl (C=O) groups excluding carboxylic acids is 1. The Morgan fingerprint density at radius 3 is 2.76 bits per heavy atom. The average molecular weight is 354 g/mol. The summed E-state index contributed by atoms with van der Waals surface area (Å²) < 4.78 is 0. The number of likely N-dealkylation sites (tertiary alicyclic amines) is 1. The Balaban J connectivity index is 0.00000256. The Morgan fingerprint density at radius 2 is 2.24 bits per heavy atom. The van der Waals surface area contributed by atoms with Crippen LogP contribution in [0.5, 0.6) is 0 Å². The van der Waals surface area contributed by atoms with E-state index in [-0.39, 0.29) is 24.0 Å². The summed E-state index contributed by atoms with van der Waals surface area (Å²) in [6.45, 7) is 5.54. The van der Waals surface area contributed by atoms with Crippen molar-refractivity contribution in [3.8, 4) is 0 Å². The quantitative estimate of drug-likeness (QED) is 0.332. The van der Waals surface area contributed by atoms with Gasteiger partial charge in [0.15, 0.2) is 5.96 Å². The molecular weight excluding hydrogens is 331 g/mol. The largest absolute Gasteiger partial charge is 0.357 e. The number of aliphatic imine (C=N–C) groups is 1. The fourth-order valence-electron chi connectivity index (χ4n) is 1.81. The van der Waals surface area contributed by atoms with Gasteiger partial charge in [0, 0.05) is 39.6 Å². The van der Waals surface area contributed by atoms with Gasteiger partial charge in [-0.15, -0.1) is 24.0 Å². The molecule has 0 radical (unpaired) electrons. The van der Waals surface area contributed by atoms with Crippen molar-refractivity contribution < 1.29 is 4.79 Å². The predicted octanol–water partition coefficient (Wildman–Crippen LogP) is 0.802. The van der Waals surface area contributed by atoms with Gasteiger partial charge in [-0.1, -0.05) is 0 Å². The molecule has 1 amide bonds. The summed E-state index contributed by atoms with van der Waals surface area (Å²) in [5.41, 5.74) is 0. The third-order valence-electron chi connectivity index (χ3n) is 2.64. The van der Waals surface area contributed by atoms with Crippen LogP contribution in [-0.2, 0) is 4.79 Å². The first-order valence-electron chi connectivity index (χ1n) is 6.00. The van der Waals surface area contributed by atoms with Crippen molar-refractivity contribution in [2.45, 2.75) is 26.2 Å². The maximum atomic E-state index is 11.3. The average Bonchev–Trinajstić information content (AvgIpc) is 2.69. The first-order chi connectivity index (χ1) is 7.77. The van der Waals surface area contributed by atoms with Crippen molar-refractivity contribution in [3.63, 3.8) is 0 Å². The van der Waals surface area contributed by atoms with Gasteiger partial charge in [-0.2, -0.15) is 0 Å². The molecule has 1 aliphatic heterocycles. The van der Waals surface area contributed by atoms with Gasteiger partial charge in [-0.25, -0.2) is 0 Å². The van der Waals surface area contributed by atoms with E-state index in [2.05, 4.69) is 15.6 Å². The van der Waals surface area contributed by atoms with E-state index in [4.69, 9.17) is 0 Å². The van der Waals surface area contributed by atoms with E-state index in [0.29, 0.717) is 5.91 Å². The maximum absolute atomic E-state index is 11.3. The number of amides is 1. The van der Waals surface area contributed by atoms with Crippen LogP contribution < -0.4 is 10.6 Å². The van der Waals surface area contributed by atoms with Crippen LogP contribution in [0.2, 0.25) is 0 Å². The molecule has 0 aromatic rings. The molecule has 0 saturated carbocycles. The molecule has 1 heterocycles. The topological polar surface area (TPSA) is 56.7 Å². The minimum Gasteiger partial charge on any atom is -0.357 e. The highest BCUT2D eigenvalue weighted by Gasteiger charge is 2.18. The molecule has 1 fully saturated rings. The Morgan fingerprint density at radius 1 is 1.47 bits per heavy atom. The van der Waals surface area contributed by atoms with E-state index in [9.17, 15) is 4.79 Å². The lowest BCUT2D eigenvalue weighted by atomic mass is 10.4. The van der Waals surface area contributed by atoms with E-state index in [1.54, 1.807) is 7.05 Å². The second-order valence-electron chi connectivity index (χ2n) is 3.87. The number of hydrogen-bond acceptors (Lipinski definition) is 2. The first kappa shape index (κ1) is 16.5. The summed E-state index contributed by atoms with van der Waals surface area (Å²) in [6.07, 6.45) is 2.72. The molecule has 1 saturated heterocycles. The van der Waals surface area contributed by atoms with Crippen molar-refractivity contribution in [2.75, 3.05) is 33.2 Å². The predicted molar refractivity (Wildman–Crippen MR) is 80.9 cm³/mol. The number of hydrogen-bond donors (Lipinski definition) is 2. The number of halogens is 1. The zero-order valence-electron chi connectivity index (χ0n) is 10.7. The van der Waals surface area contributed by atoms with Crippen molar-refractivity contribution in [3.05, 3.63) is 0 Å². The molecule has 6 heteroatoms. The lowest BCUT2D eigenvalue weighted by molar-refractivity contribution is -0.127. The van der Waals surface area contributed by atoms with Gasteiger partial charge in [0.1, 0.15) is 0 Å². The first-order valence-corrected chi connectivity index (χ1v) is 6.00. The van der Waals surface area contributed by atoms with Crippen LogP contribution >= 0.6 is 24.0 Å². The third-order valence-corrected chi connectivity index (χ3v) is 2.64. The highest BCUT2D eigenvalue weighted by Crippen LogP contribution is 2.09. The highest BCUT2D eigenvalue weighted by molar-refractivity contribution is 14.0. The van der Waals surface area contributed by atoms with E-state index < -0.39 is 0 Å². The molecule has 1 aliphatic rings. The van der Waals surface area contributed by atoms with Crippen LogP contribution in [-0.4, -0.2) is 50.0 Å². The second-order valence-corrected chi connectivity index (χ2v) is 3.87. The number of nitrogens with one attached hydrogen (secondary N) is 2. The Labute approximate surface area is 120 Å². The number of carbonyl (C=O) groups is 1. The minimum atomic E-state index is 0. The van der Waals surface area contributed by atoms with Crippen LogP contribution in [0.1, 0.15) is 26.2 Å². The summed E-state index contributed by atoms with van der Waals surface area (Å²) in [5.74, 6) is 1.13. The summed E-state index contributed by atoms with van der Waals surface area (Å²) in [5, 5.41) is 6.34. The standard InChI is InChI=1S/C11H22N4O.HI/c1-3-13-11(12-2)14-7-5-9-15-8-4-6-10(15)16;/h3-9H2,1-2H3,(H2,12,13,14);1H. The molecule has 0 atom stereocenters. The fourth-order valence-corrected chi connectivity index (χ4v) is 1.81. The summed E-state index contributed by atoms with van der Waals surface area (Å²) >= 11 is 0.